The summed E-state index contributed by atoms with van der Waals surface area (Å²) in [6.45, 7) is 7.14. The van der Waals surface area contributed by atoms with Crippen molar-refractivity contribution in [2.24, 2.45) is 0 Å². The highest BCUT2D eigenvalue weighted by atomic mass is 32.2. The van der Waals surface area contributed by atoms with Crippen LogP contribution in [0.25, 0.3) is 22.1 Å². The molecule has 4 aromatic carbocycles. The molecule has 0 spiro atoms. The van der Waals surface area contributed by atoms with Gasteiger partial charge in [0.25, 0.3) is 10.0 Å². The predicted molar refractivity (Wildman–Crippen MR) is 177 cm³/mol. The summed E-state index contributed by atoms with van der Waals surface area (Å²) in [5, 5.41) is 3.11. The number of hydrogen-bond acceptors (Lipinski definition) is 8. The van der Waals surface area contributed by atoms with Crippen molar-refractivity contribution < 1.29 is 30.8 Å². The molecule has 0 bridgehead atoms. The predicted octanol–water partition coefficient (Wildman–Crippen LogP) is 6.89. The minimum Gasteiger partial charge on any atom is -0.444 e. The number of ether oxygens (including phenoxy) is 1. The van der Waals surface area contributed by atoms with Crippen molar-refractivity contribution in [2.45, 2.75) is 48.8 Å². The monoisotopic (exact) mass is 660 g/mol. The Bertz CT molecular complexity index is 2180. The molecule has 238 valence electrons. The minimum atomic E-state index is -4.03. The van der Waals surface area contributed by atoms with Gasteiger partial charge in [-0.1, -0.05) is 42.0 Å². The van der Waals surface area contributed by atoms with Gasteiger partial charge in [-0.15, -0.1) is 0 Å². The molecule has 0 aliphatic rings. The number of carbonyl (C=O) groups is 1. The van der Waals surface area contributed by atoms with Crippen LogP contribution >= 0.6 is 0 Å². The summed E-state index contributed by atoms with van der Waals surface area (Å²) in [5.41, 5.74) is 1.89. The Balaban J connectivity index is 1.32. The van der Waals surface area contributed by atoms with Crippen molar-refractivity contribution in [3.63, 3.8) is 0 Å². The molecular formula is C34H32N2O8S2. The Hall–Kier alpha value is -4.94. The molecule has 46 heavy (non-hydrogen) atoms. The molecule has 12 heteroatoms. The van der Waals surface area contributed by atoms with Gasteiger partial charge in [0, 0.05) is 16.8 Å². The molecule has 0 radical (unpaired) electrons. The van der Waals surface area contributed by atoms with Crippen LogP contribution in [0.3, 0.4) is 0 Å². The van der Waals surface area contributed by atoms with Crippen LogP contribution < -0.4 is 15.7 Å². The number of anilines is 2. The number of sulfonamides is 1. The maximum Gasteiger partial charge on any atom is 0.412 e. The fraction of sp³-hybridized carbons (Fsp3) is 0.176. The molecule has 0 fully saturated rings. The zero-order valence-electron chi connectivity index (χ0n) is 25.5. The van der Waals surface area contributed by atoms with Gasteiger partial charge in [0.2, 0.25) is 0 Å². The van der Waals surface area contributed by atoms with Crippen molar-refractivity contribution >= 4 is 48.3 Å². The van der Waals surface area contributed by atoms with Gasteiger partial charge in [-0.3, -0.25) is 10.0 Å². The number of rotatable bonds is 8. The van der Waals surface area contributed by atoms with E-state index in [0.29, 0.717) is 22.2 Å². The molecule has 1 amide bonds. The normalized spacial score (nSPS) is 12.1. The van der Waals surface area contributed by atoms with Gasteiger partial charge >= 0.3 is 11.7 Å². The van der Waals surface area contributed by atoms with E-state index in [1.54, 1.807) is 81.4 Å². The molecule has 0 atom stereocenters. The van der Waals surface area contributed by atoms with E-state index < -0.39 is 37.2 Å². The van der Waals surface area contributed by atoms with Gasteiger partial charge in [0.05, 0.1) is 21.1 Å². The van der Waals surface area contributed by atoms with Crippen LogP contribution in [0.15, 0.2) is 116 Å². The van der Waals surface area contributed by atoms with Gasteiger partial charge in [-0.2, -0.15) is 0 Å². The van der Waals surface area contributed by atoms with Gasteiger partial charge in [-0.05, 0) is 99.5 Å². The highest BCUT2D eigenvalue weighted by Gasteiger charge is 2.19. The number of aryl methyl sites for hydroxylation is 1. The Labute approximate surface area is 267 Å². The van der Waals surface area contributed by atoms with Crippen LogP contribution in [0.2, 0.25) is 0 Å². The van der Waals surface area contributed by atoms with Gasteiger partial charge in [-0.25, -0.2) is 26.4 Å². The summed E-state index contributed by atoms with van der Waals surface area (Å²) in [4.78, 5) is 25.0. The number of carbonyl (C=O) groups excluding carboxylic acids is 1. The summed E-state index contributed by atoms with van der Waals surface area (Å²) in [5.74, 6) is -0.273. The topological polar surface area (TPSA) is 149 Å². The molecule has 0 unspecified atom stereocenters. The molecule has 0 aliphatic carbocycles. The van der Waals surface area contributed by atoms with Crippen LogP contribution in [-0.2, 0) is 30.4 Å². The quantitative estimate of drug-likeness (QED) is 0.171. The number of fused-ring (bicyclic) bond motifs is 1. The highest BCUT2D eigenvalue weighted by Crippen LogP contribution is 2.27. The number of amides is 1. The second-order valence-electron chi connectivity index (χ2n) is 11.7. The fourth-order valence-electron chi connectivity index (χ4n) is 4.57. The first-order chi connectivity index (χ1) is 21.6. The Morgan fingerprint density at radius 1 is 0.783 bits per heavy atom. The van der Waals surface area contributed by atoms with Crippen molar-refractivity contribution in [2.75, 3.05) is 10.0 Å². The van der Waals surface area contributed by atoms with Crippen LogP contribution in [-0.4, -0.2) is 28.5 Å². The third-order valence-corrected chi connectivity index (χ3v) is 9.90. The average Bonchev–Trinajstić information content (AvgIpc) is 2.96. The highest BCUT2D eigenvalue weighted by molar-refractivity contribution is 7.92. The average molecular weight is 661 g/mol. The van der Waals surface area contributed by atoms with E-state index in [1.165, 1.54) is 36.4 Å². The van der Waals surface area contributed by atoms with Crippen LogP contribution in [0.5, 0.6) is 0 Å². The number of sulfone groups is 1. The van der Waals surface area contributed by atoms with Crippen LogP contribution in [0, 0.1) is 6.92 Å². The molecule has 1 aromatic heterocycles. The first-order valence-corrected chi connectivity index (χ1v) is 17.3. The Kier molecular flexibility index (Phi) is 8.78. The first-order valence-electron chi connectivity index (χ1n) is 14.2. The van der Waals surface area contributed by atoms with Crippen LogP contribution in [0.4, 0.5) is 16.2 Å². The Morgan fingerprint density at radius 2 is 1.39 bits per heavy atom. The van der Waals surface area contributed by atoms with E-state index in [1.807, 2.05) is 6.92 Å². The standard InChI is InChI=1S/C34H32N2O8S2/c1-22-5-14-28(15-6-22)45(39,40)21-23-7-16-29(17-8-23)46(41,42)36-27-13-18-31-25(19-27)20-30(32(37)43-31)24-9-11-26(12-10-24)35-33(38)44-34(2,3)4/h5-20,36H,21H2,1-4H3,(H,35,38). The second kappa shape index (κ2) is 12.5. The molecule has 0 saturated heterocycles. The molecule has 2 N–H and O–H groups in total. The van der Waals surface area contributed by atoms with E-state index in [-0.39, 0.29) is 32.4 Å². The van der Waals surface area contributed by atoms with Gasteiger partial charge in [0.15, 0.2) is 9.84 Å². The van der Waals surface area contributed by atoms with E-state index in [9.17, 15) is 26.4 Å². The largest absolute Gasteiger partial charge is 0.444 e. The zero-order valence-corrected chi connectivity index (χ0v) is 27.2. The van der Waals surface area contributed by atoms with Gasteiger partial charge in [0.1, 0.15) is 11.2 Å². The maximum absolute atomic E-state index is 13.2. The lowest BCUT2D eigenvalue weighted by atomic mass is 10.1. The minimum absolute atomic E-state index is 0.0514. The SMILES string of the molecule is Cc1ccc(S(=O)(=O)Cc2ccc(S(=O)(=O)Nc3ccc4oc(=O)c(-c5ccc(NC(=O)OC(C)(C)C)cc5)cc4c3)cc2)cc1. The van der Waals surface area contributed by atoms with Crippen LogP contribution in [0.1, 0.15) is 31.9 Å². The number of nitrogens with one attached hydrogen (secondary N) is 2. The van der Waals surface area contributed by atoms with Crippen molar-refractivity contribution in [1.82, 2.24) is 0 Å². The lowest BCUT2D eigenvalue weighted by molar-refractivity contribution is 0.0636. The summed E-state index contributed by atoms with van der Waals surface area (Å²) in [6, 6.07) is 24.8. The third-order valence-electron chi connectivity index (χ3n) is 6.80. The van der Waals surface area contributed by atoms with E-state index in [4.69, 9.17) is 9.15 Å². The van der Waals surface area contributed by atoms with Gasteiger partial charge < -0.3 is 9.15 Å². The second-order valence-corrected chi connectivity index (χ2v) is 15.4. The number of hydrogen-bond donors (Lipinski definition) is 2. The van der Waals surface area contributed by atoms with Crippen molar-refractivity contribution in [3.8, 4) is 11.1 Å². The zero-order chi connectivity index (χ0) is 33.3. The molecule has 1 heterocycles. The summed E-state index contributed by atoms with van der Waals surface area (Å²) >= 11 is 0. The van der Waals surface area contributed by atoms with E-state index in [2.05, 4.69) is 10.0 Å². The smallest absolute Gasteiger partial charge is 0.412 e. The molecule has 5 rings (SSSR count). The molecule has 5 aromatic rings. The van der Waals surface area contributed by atoms with Crippen molar-refractivity contribution in [3.05, 3.63) is 119 Å². The molecular weight excluding hydrogens is 629 g/mol. The third kappa shape index (κ3) is 7.82. The molecule has 10 nitrogen and oxygen atoms in total. The Morgan fingerprint density at radius 3 is 2.02 bits per heavy atom. The number of benzene rings is 4. The van der Waals surface area contributed by atoms with E-state index >= 15 is 0 Å². The summed E-state index contributed by atoms with van der Waals surface area (Å²) in [7, 11) is -7.64. The first kappa shape index (κ1) is 32.5. The molecule has 0 saturated carbocycles. The molecule has 0 aliphatic heterocycles. The lowest BCUT2D eigenvalue weighted by Gasteiger charge is -2.19. The summed E-state index contributed by atoms with van der Waals surface area (Å²) in [6.07, 6.45) is -0.609. The van der Waals surface area contributed by atoms with Crippen molar-refractivity contribution in [1.29, 1.82) is 0 Å². The van der Waals surface area contributed by atoms with E-state index in [0.717, 1.165) is 5.56 Å². The summed E-state index contributed by atoms with van der Waals surface area (Å²) < 4.78 is 65.2. The lowest BCUT2D eigenvalue weighted by Crippen LogP contribution is -2.27. The maximum atomic E-state index is 13.2. The fourth-order valence-corrected chi connectivity index (χ4v) is 6.97.